The number of carbonyl (C=O) groups excluding carboxylic acids is 1. The molecule has 0 aromatic heterocycles. The number of β-amino-alcohol motifs (C(OH)–C–C–N with tert-alkyl or cyclic N) is 1. The van der Waals surface area contributed by atoms with Gasteiger partial charge in [0.15, 0.2) is 0 Å². The van der Waals surface area contributed by atoms with Crippen LogP contribution < -0.4 is 5.32 Å². The quantitative estimate of drug-likeness (QED) is 0.769. The first-order chi connectivity index (χ1) is 9.89. The summed E-state index contributed by atoms with van der Waals surface area (Å²) in [4.78, 5) is 14.1. The third kappa shape index (κ3) is 3.75. The molecule has 2 N–H and O–H groups in total. The van der Waals surface area contributed by atoms with Gasteiger partial charge in [-0.25, -0.2) is 0 Å². The molecule has 0 aromatic rings. The third-order valence-corrected chi connectivity index (χ3v) is 4.99. The lowest BCUT2D eigenvalue weighted by molar-refractivity contribution is -0.143. The SMILES string of the molecule is CC(C)C1(O)CN(CC(=O)NC2(C#N)CCCCCC2)C1. The van der Waals surface area contributed by atoms with Crippen LogP contribution in [0, 0.1) is 17.2 Å². The number of likely N-dealkylation sites (tertiary alicyclic amines) is 1. The highest BCUT2D eigenvalue weighted by Gasteiger charge is 2.44. The van der Waals surface area contributed by atoms with E-state index in [1.165, 1.54) is 0 Å². The van der Waals surface area contributed by atoms with Gasteiger partial charge in [0.1, 0.15) is 5.54 Å². The standard InChI is InChI=1S/C16H27N3O2/c1-13(2)16(21)11-19(12-16)9-14(20)18-15(10-17)7-5-3-4-6-8-15/h13,21H,3-9,11-12H2,1-2H3,(H,18,20). The Morgan fingerprint density at radius 3 is 2.33 bits per heavy atom. The summed E-state index contributed by atoms with van der Waals surface area (Å²) in [6.45, 7) is 5.34. The molecule has 5 heteroatoms. The van der Waals surface area contributed by atoms with Gasteiger partial charge in [-0.3, -0.25) is 9.69 Å². The van der Waals surface area contributed by atoms with Crippen molar-refractivity contribution in [3.63, 3.8) is 0 Å². The Hall–Kier alpha value is -1.12. The minimum absolute atomic E-state index is 0.0933. The Bertz CT molecular complexity index is 414. The molecule has 1 saturated heterocycles. The lowest BCUT2D eigenvalue weighted by Gasteiger charge is -2.49. The van der Waals surface area contributed by atoms with E-state index < -0.39 is 11.1 Å². The van der Waals surface area contributed by atoms with E-state index in [-0.39, 0.29) is 18.4 Å². The lowest BCUT2D eigenvalue weighted by Crippen LogP contribution is -2.66. The molecule has 2 fully saturated rings. The number of carbonyl (C=O) groups is 1. The monoisotopic (exact) mass is 293 g/mol. The van der Waals surface area contributed by atoms with Crippen LogP contribution >= 0.6 is 0 Å². The predicted octanol–water partition coefficient (Wildman–Crippen LogP) is 1.42. The average Bonchev–Trinajstić information content (AvgIpc) is 2.62. The second kappa shape index (κ2) is 6.33. The van der Waals surface area contributed by atoms with Crippen molar-refractivity contribution in [2.45, 2.75) is 63.5 Å². The second-order valence-electron chi connectivity index (χ2n) is 7.06. The van der Waals surface area contributed by atoms with Crippen LogP contribution in [-0.2, 0) is 4.79 Å². The van der Waals surface area contributed by atoms with E-state index in [0.29, 0.717) is 13.1 Å². The van der Waals surface area contributed by atoms with E-state index >= 15 is 0 Å². The number of amides is 1. The van der Waals surface area contributed by atoms with Crippen molar-refractivity contribution in [2.75, 3.05) is 19.6 Å². The van der Waals surface area contributed by atoms with E-state index in [9.17, 15) is 15.2 Å². The molecule has 0 atom stereocenters. The van der Waals surface area contributed by atoms with Crippen molar-refractivity contribution in [3.05, 3.63) is 0 Å². The van der Waals surface area contributed by atoms with E-state index in [2.05, 4.69) is 11.4 Å². The van der Waals surface area contributed by atoms with E-state index in [1.807, 2.05) is 18.7 Å². The Morgan fingerprint density at radius 1 is 1.29 bits per heavy atom. The molecule has 0 radical (unpaired) electrons. The van der Waals surface area contributed by atoms with Gasteiger partial charge < -0.3 is 10.4 Å². The molecule has 0 aromatic carbocycles. The number of hydrogen-bond acceptors (Lipinski definition) is 4. The molecule has 1 aliphatic carbocycles. The summed E-state index contributed by atoms with van der Waals surface area (Å²) in [6, 6.07) is 2.33. The first-order valence-electron chi connectivity index (χ1n) is 8.06. The summed E-state index contributed by atoms with van der Waals surface area (Å²) in [6.07, 6.45) is 5.81. The minimum atomic E-state index is -0.674. The van der Waals surface area contributed by atoms with Gasteiger partial charge in [-0.15, -0.1) is 0 Å². The number of rotatable bonds is 4. The van der Waals surface area contributed by atoms with Gasteiger partial charge in [0.25, 0.3) is 0 Å². The summed E-state index contributed by atoms with van der Waals surface area (Å²) in [5, 5.41) is 22.6. The highest BCUT2D eigenvalue weighted by Crippen LogP contribution is 2.29. The summed E-state index contributed by atoms with van der Waals surface area (Å²) < 4.78 is 0. The molecule has 118 valence electrons. The number of nitriles is 1. The van der Waals surface area contributed by atoms with Crippen LogP contribution in [0.5, 0.6) is 0 Å². The van der Waals surface area contributed by atoms with Gasteiger partial charge in [-0.1, -0.05) is 39.5 Å². The fourth-order valence-electron chi connectivity index (χ4n) is 3.31. The maximum absolute atomic E-state index is 12.2. The van der Waals surface area contributed by atoms with Crippen LogP contribution in [0.2, 0.25) is 0 Å². The molecule has 0 unspecified atom stereocenters. The van der Waals surface area contributed by atoms with Crippen LogP contribution in [-0.4, -0.2) is 46.7 Å². The number of nitrogens with zero attached hydrogens (tertiary/aromatic N) is 2. The molecular formula is C16H27N3O2. The molecule has 21 heavy (non-hydrogen) atoms. The molecule has 1 heterocycles. The van der Waals surface area contributed by atoms with Crippen molar-refractivity contribution in [1.29, 1.82) is 5.26 Å². The maximum Gasteiger partial charge on any atom is 0.235 e. The van der Waals surface area contributed by atoms with Gasteiger partial charge in [0, 0.05) is 13.1 Å². The van der Waals surface area contributed by atoms with Crippen LogP contribution in [0.15, 0.2) is 0 Å². The lowest BCUT2D eigenvalue weighted by atomic mass is 9.83. The summed E-state index contributed by atoms with van der Waals surface area (Å²) >= 11 is 0. The average molecular weight is 293 g/mol. The van der Waals surface area contributed by atoms with Crippen LogP contribution in [0.3, 0.4) is 0 Å². The zero-order valence-corrected chi connectivity index (χ0v) is 13.2. The normalized spacial score (nSPS) is 24.7. The number of nitrogens with one attached hydrogen (secondary N) is 1. The van der Waals surface area contributed by atoms with Crippen molar-refractivity contribution >= 4 is 5.91 Å². The Balaban J connectivity index is 1.83. The van der Waals surface area contributed by atoms with Crippen molar-refractivity contribution in [1.82, 2.24) is 10.2 Å². The van der Waals surface area contributed by atoms with Gasteiger partial charge in [-0.05, 0) is 18.8 Å². The van der Waals surface area contributed by atoms with Gasteiger partial charge >= 0.3 is 0 Å². The molecule has 0 bridgehead atoms. The molecule has 2 rings (SSSR count). The molecule has 1 aliphatic heterocycles. The Labute approximate surface area is 127 Å². The smallest absolute Gasteiger partial charge is 0.235 e. The van der Waals surface area contributed by atoms with Gasteiger partial charge in [0.05, 0.1) is 18.2 Å². The predicted molar refractivity (Wildman–Crippen MR) is 80.4 cm³/mol. The van der Waals surface area contributed by atoms with E-state index in [4.69, 9.17) is 0 Å². The zero-order chi connectivity index (χ0) is 15.5. The summed E-state index contributed by atoms with van der Waals surface area (Å²) in [5.74, 6) is 0.105. The largest absolute Gasteiger partial charge is 0.387 e. The molecule has 2 aliphatic rings. The van der Waals surface area contributed by atoms with Crippen LogP contribution in [0.4, 0.5) is 0 Å². The number of hydrogen-bond donors (Lipinski definition) is 2. The maximum atomic E-state index is 12.2. The van der Waals surface area contributed by atoms with E-state index in [1.54, 1.807) is 0 Å². The molecule has 0 spiro atoms. The topological polar surface area (TPSA) is 76.4 Å². The summed E-state index contributed by atoms with van der Waals surface area (Å²) in [5.41, 5.74) is -1.33. The molecular weight excluding hydrogens is 266 g/mol. The van der Waals surface area contributed by atoms with Gasteiger partial charge in [-0.2, -0.15) is 5.26 Å². The zero-order valence-electron chi connectivity index (χ0n) is 13.2. The third-order valence-electron chi connectivity index (χ3n) is 4.99. The number of aliphatic hydroxyl groups is 1. The van der Waals surface area contributed by atoms with Crippen molar-refractivity contribution in [2.24, 2.45) is 5.92 Å². The Morgan fingerprint density at radius 2 is 1.86 bits per heavy atom. The van der Waals surface area contributed by atoms with E-state index in [0.717, 1.165) is 38.5 Å². The molecule has 5 nitrogen and oxygen atoms in total. The first kappa shape index (κ1) is 16.3. The van der Waals surface area contributed by atoms with Crippen LogP contribution in [0.25, 0.3) is 0 Å². The molecule has 1 amide bonds. The summed E-state index contributed by atoms with van der Waals surface area (Å²) in [7, 11) is 0. The fraction of sp³-hybridized carbons (Fsp3) is 0.875. The Kier molecular flexibility index (Phi) is 4.90. The highest BCUT2D eigenvalue weighted by atomic mass is 16.3. The fourth-order valence-corrected chi connectivity index (χ4v) is 3.31. The highest BCUT2D eigenvalue weighted by molar-refractivity contribution is 5.79. The van der Waals surface area contributed by atoms with Gasteiger partial charge in [0.2, 0.25) is 5.91 Å². The molecule has 1 saturated carbocycles. The second-order valence-corrected chi connectivity index (χ2v) is 7.06. The van der Waals surface area contributed by atoms with Crippen molar-refractivity contribution < 1.29 is 9.90 Å². The minimum Gasteiger partial charge on any atom is -0.387 e. The first-order valence-corrected chi connectivity index (χ1v) is 8.06. The van der Waals surface area contributed by atoms with Crippen LogP contribution in [0.1, 0.15) is 52.4 Å². The van der Waals surface area contributed by atoms with Crippen molar-refractivity contribution in [3.8, 4) is 6.07 Å².